The van der Waals surface area contributed by atoms with Gasteiger partial charge < -0.3 is 15.0 Å². The van der Waals surface area contributed by atoms with Crippen molar-refractivity contribution in [2.24, 2.45) is 0 Å². The second-order valence-corrected chi connectivity index (χ2v) is 7.17. The maximum atomic E-state index is 14.7. The van der Waals surface area contributed by atoms with Gasteiger partial charge in [0.2, 0.25) is 5.91 Å². The Hall–Kier alpha value is -3.67. The van der Waals surface area contributed by atoms with Crippen molar-refractivity contribution < 1.29 is 18.7 Å². The van der Waals surface area contributed by atoms with Gasteiger partial charge in [0.25, 0.3) is 5.91 Å². The smallest absolute Gasteiger partial charge is 0.254 e. The summed E-state index contributed by atoms with van der Waals surface area (Å²) in [6, 6.07) is 19.5. The standard InChI is InChI=1S/C24H21FN2O3/c1-27-22(19-12-5-6-13-20(19)25)21(17-10-3-4-11-18(17)24(27)29)23(28)26-15-8-7-9-16(14-15)30-2/h3-14,21-22H,1-2H3,(H,26,28). The van der Waals surface area contributed by atoms with E-state index in [0.717, 1.165) is 0 Å². The minimum Gasteiger partial charge on any atom is -0.497 e. The summed E-state index contributed by atoms with van der Waals surface area (Å²) >= 11 is 0. The van der Waals surface area contributed by atoms with Crippen molar-refractivity contribution >= 4 is 17.5 Å². The van der Waals surface area contributed by atoms with Crippen LogP contribution in [0.2, 0.25) is 0 Å². The fourth-order valence-electron chi connectivity index (χ4n) is 3.98. The Kier molecular flexibility index (Phi) is 5.23. The van der Waals surface area contributed by atoms with Crippen molar-refractivity contribution in [3.63, 3.8) is 0 Å². The van der Waals surface area contributed by atoms with Gasteiger partial charge >= 0.3 is 0 Å². The monoisotopic (exact) mass is 404 g/mol. The molecule has 2 unspecified atom stereocenters. The van der Waals surface area contributed by atoms with E-state index in [-0.39, 0.29) is 11.8 Å². The van der Waals surface area contributed by atoms with E-state index in [1.54, 1.807) is 80.9 Å². The second kappa shape index (κ2) is 7.99. The number of carbonyl (C=O) groups excluding carboxylic acids is 2. The van der Waals surface area contributed by atoms with Gasteiger partial charge in [-0.25, -0.2) is 4.39 Å². The van der Waals surface area contributed by atoms with E-state index < -0.39 is 17.8 Å². The first-order valence-corrected chi connectivity index (χ1v) is 9.56. The molecule has 2 amide bonds. The number of hydrogen-bond donors (Lipinski definition) is 1. The molecule has 3 aromatic rings. The fraction of sp³-hybridized carbons (Fsp3) is 0.167. The van der Waals surface area contributed by atoms with Crippen LogP contribution < -0.4 is 10.1 Å². The van der Waals surface area contributed by atoms with Crippen LogP contribution in [0.1, 0.15) is 33.4 Å². The molecule has 30 heavy (non-hydrogen) atoms. The average Bonchev–Trinajstić information content (AvgIpc) is 2.76. The van der Waals surface area contributed by atoms with Crippen molar-refractivity contribution in [3.05, 3.63) is 95.3 Å². The van der Waals surface area contributed by atoms with Crippen LogP contribution in [-0.4, -0.2) is 30.9 Å². The number of nitrogens with one attached hydrogen (secondary N) is 1. The summed E-state index contributed by atoms with van der Waals surface area (Å²) in [6.45, 7) is 0. The van der Waals surface area contributed by atoms with Crippen LogP contribution in [0.4, 0.5) is 10.1 Å². The lowest BCUT2D eigenvalue weighted by Crippen LogP contribution is -2.44. The highest BCUT2D eigenvalue weighted by atomic mass is 19.1. The summed E-state index contributed by atoms with van der Waals surface area (Å²) in [5.74, 6) is -1.21. The van der Waals surface area contributed by atoms with E-state index in [9.17, 15) is 14.0 Å². The number of benzene rings is 3. The summed E-state index contributed by atoms with van der Waals surface area (Å²) < 4.78 is 19.9. The largest absolute Gasteiger partial charge is 0.497 e. The quantitative estimate of drug-likeness (QED) is 0.702. The molecule has 6 heteroatoms. The Bertz CT molecular complexity index is 1110. The molecule has 0 spiro atoms. The van der Waals surface area contributed by atoms with E-state index in [1.807, 2.05) is 0 Å². The summed E-state index contributed by atoms with van der Waals surface area (Å²) in [7, 11) is 3.15. The van der Waals surface area contributed by atoms with Gasteiger partial charge in [0.15, 0.2) is 0 Å². The van der Waals surface area contributed by atoms with E-state index >= 15 is 0 Å². The van der Waals surface area contributed by atoms with E-state index in [4.69, 9.17) is 4.74 Å². The molecule has 0 aliphatic carbocycles. The zero-order chi connectivity index (χ0) is 21.3. The van der Waals surface area contributed by atoms with Crippen LogP contribution in [-0.2, 0) is 4.79 Å². The van der Waals surface area contributed by atoms with Gasteiger partial charge in [0, 0.05) is 29.9 Å². The third kappa shape index (κ3) is 3.41. The summed E-state index contributed by atoms with van der Waals surface area (Å²) in [6.07, 6.45) is 0. The number of halogens is 1. The Balaban J connectivity index is 1.81. The Labute approximate surface area is 174 Å². The maximum Gasteiger partial charge on any atom is 0.254 e. The van der Waals surface area contributed by atoms with Crippen LogP contribution >= 0.6 is 0 Å². The van der Waals surface area contributed by atoms with Gasteiger partial charge in [-0.2, -0.15) is 0 Å². The Morgan fingerprint density at radius 2 is 1.70 bits per heavy atom. The molecule has 0 bridgehead atoms. The van der Waals surface area contributed by atoms with Gasteiger partial charge in [-0.15, -0.1) is 0 Å². The molecule has 0 saturated heterocycles. The van der Waals surface area contributed by atoms with E-state index in [1.165, 1.54) is 11.0 Å². The number of hydrogen-bond acceptors (Lipinski definition) is 3. The highest BCUT2D eigenvalue weighted by Gasteiger charge is 2.43. The summed E-state index contributed by atoms with van der Waals surface area (Å²) in [4.78, 5) is 27.9. The predicted molar refractivity (Wildman–Crippen MR) is 112 cm³/mol. The lowest BCUT2D eigenvalue weighted by atomic mass is 9.79. The fourth-order valence-corrected chi connectivity index (χ4v) is 3.98. The molecule has 1 aliphatic rings. The molecule has 1 N–H and O–H groups in total. The first-order valence-electron chi connectivity index (χ1n) is 9.56. The molecule has 0 fully saturated rings. The minimum absolute atomic E-state index is 0.246. The Morgan fingerprint density at radius 1 is 1.00 bits per heavy atom. The molecule has 3 aromatic carbocycles. The molecule has 2 atom stereocenters. The number of fused-ring (bicyclic) bond motifs is 1. The second-order valence-electron chi connectivity index (χ2n) is 7.17. The SMILES string of the molecule is COc1cccc(NC(=O)C2c3ccccc3C(=O)N(C)C2c2ccccc2F)c1. The van der Waals surface area contributed by atoms with Gasteiger partial charge in [-0.1, -0.05) is 42.5 Å². The van der Waals surface area contributed by atoms with Crippen molar-refractivity contribution in [3.8, 4) is 5.75 Å². The number of likely N-dealkylation sites (N-methyl/N-ethyl adjacent to an activating group) is 1. The molecule has 0 aromatic heterocycles. The Morgan fingerprint density at radius 3 is 2.43 bits per heavy atom. The van der Waals surface area contributed by atoms with Crippen LogP contribution in [0.3, 0.4) is 0 Å². The number of ether oxygens (including phenoxy) is 1. The zero-order valence-electron chi connectivity index (χ0n) is 16.6. The van der Waals surface area contributed by atoms with Gasteiger partial charge in [0.1, 0.15) is 11.6 Å². The van der Waals surface area contributed by atoms with Gasteiger partial charge in [-0.05, 0) is 29.8 Å². The van der Waals surface area contributed by atoms with Crippen molar-refractivity contribution in [2.75, 3.05) is 19.5 Å². The van der Waals surface area contributed by atoms with Gasteiger partial charge in [0.05, 0.1) is 19.1 Å². The molecule has 152 valence electrons. The number of rotatable bonds is 4. The number of methoxy groups -OCH3 is 1. The molecular formula is C24H21FN2O3. The number of carbonyl (C=O) groups is 2. The highest BCUT2D eigenvalue weighted by Crippen LogP contribution is 2.43. The molecule has 1 heterocycles. The first-order chi connectivity index (χ1) is 14.5. The lowest BCUT2D eigenvalue weighted by molar-refractivity contribution is -0.119. The third-order valence-electron chi connectivity index (χ3n) is 5.42. The molecule has 0 radical (unpaired) electrons. The zero-order valence-corrected chi connectivity index (χ0v) is 16.6. The van der Waals surface area contributed by atoms with Gasteiger partial charge in [-0.3, -0.25) is 9.59 Å². The van der Waals surface area contributed by atoms with Crippen molar-refractivity contribution in [1.82, 2.24) is 4.90 Å². The number of nitrogens with zero attached hydrogens (tertiary/aromatic N) is 1. The normalized spacial score (nSPS) is 18.0. The summed E-state index contributed by atoms with van der Waals surface area (Å²) in [5.41, 5.74) is 1.88. The predicted octanol–water partition coefficient (Wildman–Crippen LogP) is 4.38. The third-order valence-corrected chi connectivity index (χ3v) is 5.42. The lowest BCUT2D eigenvalue weighted by Gasteiger charge is -2.39. The van der Waals surface area contributed by atoms with Crippen LogP contribution in [0, 0.1) is 5.82 Å². The molecular weight excluding hydrogens is 383 g/mol. The molecule has 0 saturated carbocycles. The van der Waals surface area contributed by atoms with Crippen molar-refractivity contribution in [2.45, 2.75) is 12.0 Å². The van der Waals surface area contributed by atoms with E-state index in [0.29, 0.717) is 28.1 Å². The van der Waals surface area contributed by atoms with E-state index in [2.05, 4.69) is 5.32 Å². The topological polar surface area (TPSA) is 58.6 Å². The maximum absolute atomic E-state index is 14.7. The number of anilines is 1. The first kappa shape index (κ1) is 19.6. The van der Waals surface area contributed by atoms with Crippen molar-refractivity contribution in [1.29, 1.82) is 0 Å². The van der Waals surface area contributed by atoms with Crippen LogP contribution in [0.25, 0.3) is 0 Å². The van der Waals surface area contributed by atoms with Crippen LogP contribution in [0.5, 0.6) is 5.75 Å². The molecule has 5 nitrogen and oxygen atoms in total. The summed E-state index contributed by atoms with van der Waals surface area (Å²) in [5, 5.41) is 2.90. The van der Waals surface area contributed by atoms with Crippen LogP contribution in [0.15, 0.2) is 72.8 Å². The molecule has 1 aliphatic heterocycles. The molecule has 4 rings (SSSR count). The highest BCUT2D eigenvalue weighted by molar-refractivity contribution is 6.04. The average molecular weight is 404 g/mol. The minimum atomic E-state index is -0.785. The number of amides is 2.